The average Bonchev–Trinajstić information content (AvgIpc) is 2.36. The van der Waals surface area contributed by atoms with E-state index >= 15 is 0 Å². The van der Waals surface area contributed by atoms with Gasteiger partial charge >= 0.3 is 18.9 Å². The Balaban J connectivity index is 0.00000162. The third kappa shape index (κ3) is 2.29. The van der Waals surface area contributed by atoms with E-state index in [1.807, 2.05) is 25.1 Å². The van der Waals surface area contributed by atoms with Gasteiger partial charge in [0.2, 0.25) is 0 Å². The van der Waals surface area contributed by atoms with Gasteiger partial charge in [-0.2, -0.15) is 0 Å². The second-order valence-electron chi connectivity index (χ2n) is 3.70. The van der Waals surface area contributed by atoms with Gasteiger partial charge in [-0.25, -0.2) is 0 Å². The summed E-state index contributed by atoms with van der Waals surface area (Å²) in [5.41, 5.74) is 0.921. The molecule has 0 heterocycles. The van der Waals surface area contributed by atoms with Gasteiger partial charge in [0.1, 0.15) is 0 Å². The zero-order chi connectivity index (χ0) is 12.4. The summed E-state index contributed by atoms with van der Waals surface area (Å²) in [6.45, 7) is 1.94. The van der Waals surface area contributed by atoms with Gasteiger partial charge in [0, 0.05) is 11.5 Å². The number of hydrogen-bond acceptors (Lipinski definition) is 3. The molecule has 18 heavy (non-hydrogen) atoms. The van der Waals surface area contributed by atoms with E-state index in [9.17, 15) is 0 Å². The number of aryl methyl sites for hydroxylation is 1. The van der Waals surface area contributed by atoms with E-state index in [4.69, 9.17) is 14.2 Å². The smallest absolute Gasteiger partial charge is 0.553 e. The third-order valence-corrected chi connectivity index (χ3v) is 2.77. The number of methoxy groups -OCH3 is 3. The van der Waals surface area contributed by atoms with Gasteiger partial charge in [0.15, 0.2) is 0 Å². The molecule has 0 aliphatic carbocycles. The van der Waals surface area contributed by atoms with Crippen LogP contribution in [0.15, 0.2) is 18.2 Å². The van der Waals surface area contributed by atoms with Crippen LogP contribution < -0.4 is 33.1 Å². The summed E-state index contributed by atoms with van der Waals surface area (Å²) in [6.07, 6.45) is 0. The van der Waals surface area contributed by atoms with Crippen LogP contribution in [-0.4, -0.2) is 21.3 Å². The fraction of sp³-hybridized carbons (Fsp3) is 0.286. The fourth-order valence-electron chi connectivity index (χ4n) is 2.03. The van der Waals surface area contributed by atoms with Crippen LogP contribution in [0.4, 0.5) is 0 Å². The van der Waals surface area contributed by atoms with E-state index in [0.717, 1.165) is 27.8 Å². The van der Waals surface area contributed by atoms with Crippen molar-refractivity contribution in [1.29, 1.82) is 0 Å². The van der Waals surface area contributed by atoms with Gasteiger partial charge in [-0.3, -0.25) is 0 Å². The van der Waals surface area contributed by atoms with Crippen LogP contribution in [0.2, 0.25) is 0 Å². The zero-order valence-electron chi connectivity index (χ0n) is 11.5. The summed E-state index contributed by atoms with van der Waals surface area (Å²) in [5.74, 6) is 2.24. The Morgan fingerprint density at radius 2 is 1.72 bits per heavy atom. The van der Waals surface area contributed by atoms with Crippen molar-refractivity contribution in [2.24, 2.45) is 0 Å². The molecule has 0 aliphatic heterocycles. The van der Waals surface area contributed by atoms with Crippen molar-refractivity contribution in [3.8, 4) is 17.2 Å². The molecular weight excluding hydrogens is 223 g/mol. The van der Waals surface area contributed by atoms with Crippen LogP contribution in [0.1, 0.15) is 5.56 Å². The molecule has 0 spiro atoms. The second kappa shape index (κ2) is 6.04. The predicted molar refractivity (Wildman–Crippen MR) is 67.2 cm³/mol. The molecule has 0 unspecified atom stereocenters. The van der Waals surface area contributed by atoms with E-state index in [2.05, 4.69) is 6.07 Å². The van der Waals surface area contributed by atoms with Gasteiger partial charge in [-0.15, -0.1) is 11.6 Å². The van der Waals surface area contributed by atoms with Crippen LogP contribution in [0.3, 0.4) is 0 Å². The van der Waals surface area contributed by atoms with Crippen molar-refractivity contribution in [1.82, 2.24) is 0 Å². The maximum Gasteiger partial charge on any atom is 1.00 e. The van der Waals surface area contributed by atoms with Gasteiger partial charge < -0.3 is 14.2 Å². The van der Waals surface area contributed by atoms with E-state index < -0.39 is 0 Å². The summed E-state index contributed by atoms with van der Waals surface area (Å²) in [7, 11) is 4.92. The molecule has 2 rings (SSSR count). The molecule has 3 nitrogen and oxygen atoms in total. The van der Waals surface area contributed by atoms with Crippen molar-refractivity contribution < 1.29 is 33.1 Å². The van der Waals surface area contributed by atoms with E-state index in [-0.39, 0.29) is 18.9 Å². The molecule has 90 valence electrons. The Morgan fingerprint density at radius 1 is 1.00 bits per heavy atom. The number of fused-ring (bicyclic) bond motifs is 1. The Labute approximate surface area is 119 Å². The van der Waals surface area contributed by atoms with Crippen molar-refractivity contribution in [3.05, 3.63) is 29.8 Å². The molecule has 0 atom stereocenters. The summed E-state index contributed by atoms with van der Waals surface area (Å²) >= 11 is 0. The van der Waals surface area contributed by atoms with Crippen molar-refractivity contribution in [2.75, 3.05) is 21.3 Å². The molecule has 0 amide bonds. The van der Waals surface area contributed by atoms with Gasteiger partial charge in [0.05, 0.1) is 27.1 Å². The summed E-state index contributed by atoms with van der Waals surface area (Å²) in [6, 6.07) is 8.98. The maximum absolute atomic E-state index is 5.41. The number of benzene rings is 2. The number of hydrogen-bond donors (Lipinski definition) is 0. The number of ether oxygens (including phenoxy) is 3. The molecule has 0 aliphatic rings. The Kier molecular flexibility index (Phi) is 4.95. The average molecular weight is 238 g/mol. The van der Waals surface area contributed by atoms with Crippen molar-refractivity contribution >= 4 is 10.8 Å². The Bertz CT molecular complexity index is 552. The quantitative estimate of drug-likeness (QED) is 0.555. The summed E-state index contributed by atoms with van der Waals surface area (Å²) in [5, 5.41) is 1.86. The van der Waals surface area contributed by atoms with Gasteiger partial charge in [-0.1, -0.05) is 24.4 Å². The molecule has 2 aromatic rings. The molecule has 0 fully saturated rings. The normalized spacial score (nSPS) is 9.78. The van der Waals surface area contributed by atoms with Crippen molar-refractivity contribution in [3.63, 3.8) is 0 Å². The van der Waals surface area contributed by atoms with E-state index in [1.165, 1.54) is 0 Å². The van der Waals surface area contributed by atoms with Crippen LogP contribution in [0.5, 0.6) is 17.2 Å². The molecule has 0 bridgehead atoms. The Hall–Kier alpha value is -1.30. The molecule has 0 saturated heterocycles. The standard InChI is InChI=1S/C14H15O3.Li/c1-9-8-12(16-3)13-10(14(9)17-4)6-5-7-11(13)15-2;/h5-7H,1-4H3;/q-1;+1. The molecule has 0 N–H and O–H groups in total. The molecule has 0 aromatic heterocycles. The van der Waals surface area contributed by atoms with E-state index in [0.29, 0.717) is 5.75 Å². The number of rotatable bonds is 3. The minimum atomic E-state index is 0. The topological polar surface area (TPSA) is 27.7 Å². The molecule has 4 heteroatoms. The van der Waals surface area contributed by atoms with E-state index in [1.54, 1.807) is 21.3 Å². The maximum atomic E-state index is 5.41. The first-order valence-corrected chi connectivity index (χ1v) is 5.33. The van der Waals surface area contributed by atoms with Gasteiger partial charge in [-0.05, 0) is 11.5 Å². The minimum absolute atomic E-state index is 0. The monoisotopic (exact) mass is 238 g/mol. The third-order valence-electron chi connectivity index (χ3n) is 2.77. The molecule has 0 saturated carbocycles. The first-order valence-electron chi connectivity index (χ1n) is 5.33. The first-order chi connectivity index (χ1) is 8.22. The predicted octanol–water partition coefficient (Wildman–Crippen LogP) is -0.0218. The van der Waals surface area contributed by atoms with Crippen LogP contribution >= 0.6 is 0 Å². The van der Waals surface area contributed by atoms with Crippen LogP contribution in [-0.2, 0) is 0 Å². The minimum Gasteiger partial charge on any atom is -0.553 e. The first kappa shape index (κ1) is 14.8. The largest absolute Gasteiger partial charge is 1.00 e. The molecule has 0 radical (unpaired) electrons. The second-order valence-corrected chi connectivity index (χ2v) is 3.70. The zero-order valence-corrected chi connectivity index (χ0v) is 11.5. The van der Waals surface area contributed by atoms with Crippen molar-refractivity contribution in [2.45, 2.75) is 6.92 Å². The summed E-state index contributed by atoms with van der Waals surface area (Å²) < 4.78 is 16.1. The summed E-state index contributed by atoms with van der Waals surface area (Å²) in [4.78, 5) is 0. The van der Waals surface area contributed by atoms with Crippen LogP contribution in [0.25, 0.3) is 10.8 Å². The fourth-order valence-corrected chi connectivity index (χ4v) is 2.03. The molecule has 2 aromatic carbocycles. The SMILES string of the molecule is COc1c(C)[c-]c(OC)c2c(OC)cccc12.[Li+]. The molecular formula is C14H15LiO3. The van der Waals surface area contributed by atoms with Gasteiger partial charge in [0.25, 0.3) is 0 Å². The Morgan fingerprint density at radius 3 is 2.28 bits per heavy atom. The van der Waals surface area contributed by atoms with Crippen LogP contribution in [0, 0.1) is 13.0 Å².